The first kappa shape index (κ1) is 14.4. The molecule has 1 saturated heterocycles. The maximum Gasteiger partial charge on any atom is 0.224 e. The monoisotopic (exact) mass is 303 g/mol. The Balaban J connectivity index is 1.78. The van der Waals surface area contributed by atoms with E-state index >= 15 is 0 Å². The van der Waals surface area contributed by atoms with Gasteiger partial charge in [-0.15, -0.1) is 0 Å². The second-order valence-corrected chi connectivity index (χ2v) is 5.00. The van der Waals surface area contributed by atoms with E-state index in [2.05, 4.69) is 10.3 Å². The SMILES string of the molecule is O=C(CCNc1ncc(Cl)cc1Cl)N1CCOCC1. The summed E-state index contributed by atoms with van der Waals surface area (Å²) < 4.78 is 5.20. The molecule has 0 radical (unpaired) electrons. The highest BCUT2D eigenvalue weighted by Gasteiger charge is 2.16. The topological polar surface area (TPSA) is 54.5 Å². The van der Waals surface area contributed by atoms with E-state index in [1.54, 1.807) is 6.07 Å². The highest BCUT2D eigenvalue weighted by atomic mass is 35.5. The lowest BCUT2D eigenvalue weighted by molar-refractivity contribution is -0.134. The van der Waals surface area contributed by atoms with Gasteiger partial charge in [0.05, 0.1) is 23.3 Å². The molecule has 0 unspecified atom stereocenters. The van der Waals surface area contributed by atoms with Crippen LogP contribution in [0.1, 0.15) is 6.42 Å². The number of nitrogens with zero attached hydrogens (tertiary/aromatic N) is 2. The van der Waals surface area contributed by atoms with Crippen molar-refractivity contribution >= 4 is 34.9 Å². The lowest BCUT2D eigenvalue weighted by atomic mass is 10.3. The molecule has 7 heteroatoms. The highest BCUT2D eigenvalue weighted by molar-refractivity contribution is 6.35. The third kappa shape index (κ3) is 4.23. The number of carbonyl (C=O) groups excluding carboxylic acids is 1. The minimum Gasteiger partial charge on any atom is -0.378 e. The molecular weight excluding hydrogens is 289 g/mol. The smallest absolute Gasteiger partial charge is 0.224 e. The van der Waals surface area contributed by atoms with Crippen molar-refractivity contribution in [3.63, 3.8) is 0 Å². The van der Waals surface area contributed by atoms with Crippen LogP contribution in [0.3, 0.4) is 0 Å². The average Bonchev–Trinajstić information content (AvgIpc) is 2.42. The number of carbonyl (C=O) groups is 1. The Labute approximate surface area is 121 Å². The molecule has 5 nitrogen and oxygen atoms in total. The molecule has 0 saturated carbocycles. The van der Waals surface area contributed by atoms with Crippen LogP contribution in [0.2, 0.25) is 10.0 Å². The molecule has 0 aromatic carbocycles. The number of hydrogen-bond donors (Lipinski definition) is 1. The fourth-order valence-corrected chi connectivity index (χ4v) is 2.25. The Morgan fingerprint density at radius 2 is 2.16 bits per heavy atom. The molecule has 1 aromatic heterocycles. The molecule has 2 rings (SSSR count). The quantitative estimate of drug-likeness (QED) is 0.925. The van der Waals surface area contributed by atoms with Gasteiger partial charge in [0, 0.05) is 32.3 Å². The van der Waals surface area contributed by atoms with E-state index in [0.717, 1.165) is 0 Å². The molecule has 1 amide bonds. The van der Waals surface area contributed by atoms with Crippen LogP contribution in [-0.4, -0.2) is 48.6 Å². The first-order valence-corrected chi connectivity index (χ1v) is 6.83. The van der Waals surface area contributed by atoms with Crippen LogP contribution in [0, 0.1) is 0 Å². The summed E-state index contributed by atoms with van der Waals surface area (Å²) >= 11 is 11.7. The molecule has 0 bridgehead atoms. The van der Waals surface area contributed by atoms with Crippen LogP contribution < -0.4 is 5.32 Å². The number of hydrogen-bond acceptors (Lipinski definition) is 4. The van der Waals surface area contributed by atoms with Crippen molar-refractivity contribution in [3.8, 4) is 0 Å². The fraction of sp³-hybridized carbons (Fsp3) is 0.500. The van der Waals surface area contributed by atoms with E-state index in [-0.39, 0.29) is 5.91 Å². The van der Waals surface area contributed by atoms with E-state index in [1.807, 2.05) is 4.90 Å². The van der Waals surface area contributed by atoms with Gasteiger partial charge in [0.25, 0.3) is 0 Å². The van der Waals surface area contributed by atoms with Gasteiger partial charge in [-0.2, -0.15) is 0 Å². The van der Waals surface area contributed by atoms with Crippen molar-refractivity contribution in [2.45, 2.75) is 6.42 Å². The Morgan fingerprint density at radius 1 is 1.42 bits per heavy atom. The summed E-state index contributed by atoms with van der Waals surface area (Å²) in [6.45, 7) is 3.05. The third-order valence-electron chi connectivity index (χ3n) is 2.80. The number of rotatable bonds is 4. The van der Waals surface area contributed by atoms with Crippen LogP contribution >= 0.6 is 23.2 Å². The van der Waals surface area contributed by atoms with E-state index < -0.39 is 0 Å². The number of halogens is 2. The van der Waals surface area contributed by atoms with E-state index in [0.29, 0.717) is 55.1 Å². The van der Waals surface area contributed by atoms with Crippen LogP contribution in [0.5, 0.6) is 0 Å². The highest BCUT2D eigenvalue weighted by Crippen LogP contribution is 2.22. The van der Waals surface area contributed by atoms with Crippen LogP contribution in [0.15, 0.2) is 12.3 Å². The summed E-state index contributed by atoms with van der Waals surface area (Å²) in [4.78, 5) is 17.8. The van der Waals surface area contributed by atoms with Crippen molar-refractivity contribution in [1.82, 2.24) is 9.88 Å². The maximum absolute atomic E-state index is 11.9. The Bertz CT molecular complexity index is 451. The van der Waals surface area contributed by atoms with E-state index in [1.165, 1.54) is 6.20 Å². The molecule has 1 aliphatic rings. The molecule has 1 fully saturated rings. The lowest BCUT2D eigenvalue weighted by Gasteiger charge is -2.26. The van der Waals surface area contributed by atoms with Crippen LogP contribution in [0.25, 0.3) is 0 Å². The third-order valence-corrected chi connectivity index (χ3v) is 3.30. The summed E-state index contributed by atoms with van der Waals surface area (Å²) in [7, 11) is 0. The van der Waals surface area contributed by atoms with Crippen LogP contribution in [-0.2, 0) is 9.53 Å². The Hall–Kier alpha value is -1.04. The molecule has 1 aliphatic heterocycles. The minimum atomic E-state index is 0.112. The van der Waals surface area contributed by atoms with E-state index in [9.17, 15) is 4.79 Å². The maximum atomic E-state index is 11.9. The van der Waals surface area contributed by atoms with Gasteiger partial charge in [-0.25, -0.2) is 4.98 Å². The van der Waals surface area contributed by atoms with Gasteiger partial charge in [-0.3, -0.25) is 4.79 Å². The first-order valence-electron chi connectivity index (χ1n) is 6.07. The molecule has 0 aliphatic carbocycles. The van der Waals surface area contributed by atoms with Crippen molar-refractivity contribution in [2.24, 2.45) is 0 Å². The number of morpholine rings is 1. The molecular formula is C12H15Cl2N3O2. The Morgan fingerprint density at radius 3 is 2.84 bits per heavy atom. The number of amides is 1. The van der Waals surface area contributed by atoms with Crippen molar-refractivity contribution in [1.29, 1.82) is 0 Å². The molecule has 0 atom stereocenters. The second kappa shape index (κ2) is 6.93. The average molecular weight is 304 g/mol. The van der Waals surface area contributed by atoms with Gasteiger partial charge >= 0.3 is 0 Å². The summed E-state index contributed by atoms with van der Waals surface area (Å²) in [5.41, 5.74) is 0. The standard InChI is InChI=1S/C12H15Cl2N3O2/c13-9-7-10(14)12(16-8-9)15-2-1-11(18)17-3-5-19-6-4-17/h7-8H,1-6H2,(H,15,16). The summed E-state index contributed by atoms with van der Waals surface area (Å²) in [6.07, 6.45) is 1.92. The predicted octanol–water partition coefficient (Wildman–Crippen LogP) is 2.05. The lowest BCUT2D eigenvalue weighted by Crippen LogP contribution is -2.41. The van der Waals surface area contributed by atoms with Crippen molar-refractivity contribution in [2.75, 3.05) is 38.2 Å². The molecule has 1 N–H and O–H groups in total. The number of anilines is 1. The first-order chi connectivity index (χ1) is 9.16. The predicted molar refractivity (Wildman–Crippen MR) is 74.8 cm³/mol. The molecule has 104 valence electrons. The molecule has 0 spiro atoms. The van der Waals surface area contributed by atoms with Gasteiger partial charge in [-0.1, -0.05) is 23.2 Å². The number of nitrogens with one attached hydrogen (secondary N) is 1. The summed E-state index contributed by atoms with van der Waals surface area (Å²) in [5.74, 6) is 0.654. The number of aromatic nitrogens is 1. The molecule has 1 aromatic rings. The zero-order valence-electron chi connectivity index (χ0n) is 10.4. The van der Waals surface area contributed by atoms with Gasteiger partial charge < -0.3 is 15.0 Å². The molecule has 2 heterocycles. The Kier molecular flexibility index (Phi) is 5.24. The second-order valence-electron chi connectivity index (χ2n) is 4.15. The van der Waals surface area contributed by atoms with Crippen molar-refractivity contribution in [3.05, 3.63) is 22.3 Å². The van der Waals surface area contributed by atoms with Crippen LogP contribution in [0.4, 0.5) is 5.82 Å². The molecule has 19 heavy (non-hydrogen) atoms. The van der Waals surface area contributed by atoms with Gasteiger partial charge in [0.2, 0.25) is 5.91 Å². The van der Waals surface area contributed by atoms with Gasteiger partial charge in [0.1, 0.15) is 5.82 Å². The largest absolute Gasteiger partial charge is 0.378 e. The van der Waals surface area contributed by atoms with Gasteiger partial charge in [0.15, 0.2) is 0 Å². The van der Waals surface area contributed by atoms with E-state index in [4.69, 9.17) is 27.9 Å². The van der Waals surface area contributed by atoms with Crippen molar-refractivity contribution < 1.29 is 9.53 Å². The fourth-order valence-electron chi connectivity index (χ4n) is 1.80. The summed E-state index contributed by atoms with van der Waals surface area (Å²) in [5, 5.41) is 3.97. The zero-order chi connectivity index (χ0) is 13.7. The zero-order valence-corrected chi connectivity index (χ0v) is 11.9. The number of ether oxygens (including phenoxy) is 1. The number of pyridine rings is 1. The van der Waals surface area contributed by atoms with Gasteiger partial charge in [-0.05, 0) is 6.07 Å². The normalized spacial score (nSPS) is 15.4. The minimum absolute atomic E-state index is 0.112. The summed E-state index contributed by atoms with van der Waals surface area (Å²) in [6, 6.07) is 1.61.